The number of carbonyl (C=O) groups is 1. The lowest BCUT2D eigenvalue weighted by Gasteiger charge is -2.01. The van der Waals surface area contributed by atoms with Crippen molar-refractivity contribution in [3.8, 4) is 5.75 Å². The van der Waals surface area contributed by atoms with Crippen molar-refractivity contribution >= 4 is 24.3 Å². The minimum absolute atomic E-state index is 0. The maximum absolute atomic E-state index is 12.3. The van der Waals surface area contributed by atoms with Gasteiger partial charge in [0.15, 0.2) is 5.78 Å². The number of methoxy groups -OCH3 is 1. The molecule has 0 aliphatic heterocycles. The van der Waals surface area contributed by atoms with E-state index in [1.807, 2.05) is 36.4 Å². The van der Waals surface area contributed by atoms with E-state index >= 15 is 0 Å². The number of pyridine rings is 1. The molecule has 1 aromatic carbocycles. The highest BCUT2D eigenvalue weighted by atomic mass is 35.5. The van der Waals surface area contributed by atoms with Gasteiger partial charge in [0, 0.05) is 30.0 Å². The van der Waals surface area contributed by atoms with Crippen LogP contribution in [0.5, 0.6) is 5.75 Å². The molecule has 2 aromatic rings. The first kappa shape index (κ1) is 14.3. The first-order chi connectivity index (χ1) is 9.28. The zero-order valence-corrected chi connectivity index (χ0v) is 11.8. The quantitative estimate of drug-likeness (QED) is 0.795. The second kappa shape index (κ2) is 5.88. The molecule has 0 radical (unpaired) electrons. The lowest BCUT2D eigenvalue weighted by molar-refractivity contribution is 0.104. The second-order valence-corrected chi connectivity index (χ2v) is 4.48. The van der Waals surface area contributed by atoms with E-state index < -0.39 is 0 Å². The summed E-state index contributed by atoms with van der Waals surface area (Å²) in [4.78, 5) is 16.3. The van der Waals surface area contributed by atoms with Gasteiger partial charge in [-0.2, -0.15) is 0 Å². The molecule has 3 rings (SSSR count). The fraction of sp³-hybridized carbons (Fsp3) is 0.125. The van der Waals surface area contributed by atoms with Crippen molar-refractivity contribution in [1.82, 2.24) is 4.98 Å². The number of benzene rings is 1. The molecular formula is C16H14ClNO2. The number of carbonyl (C=O) groups excluding carboxylic acids is 1. The van der Waals surface area contributed by atoms with Gasteiger partial charge in [-0.05, 0) is 41.5 Å². The summed E-state index contributed by atoms with van der Waals surface area (Å²) < 4.78 is 5.16. The lowest BCUT2D eigenvalue weighted by atomic mass is 10.1. The molecule has 0 bridgehead atoms. The molecule has 0 spiro atoms. The second-order valence-electron chi connectivity index (χ2n) is 4.48. The predicted molar refractivity (Wildman–Crippen MR) is 80.5 cm³/mol. The summed E-state index contributed by atoms with van der Waals surface area (Å²) in [5.41, 5.74) is 3.62. The summed E-state index contributed by atoms with van der Waals surface area (Å²) in [7, 11) is 1.61. The molecule has 0 fully saturated rings. The van der Waals surface area contributed by atoms with Crippen LogP contribution in [-0.4, -0.2) is 17.9 Å². The number of rotatable bonds is 2. The van der Waals surface area contributed by atoms with Gasteiger partial charge < -0.3 is 4.74 Å². The van der Waals surface area contributed by atoms with Crippen molar-refractivity contribution in [2.24, 2.45) is 0 Å². The Morgan fingerprint density at radius 3 is 2.65 bits per heavy atom. The number of ether oxygens (including phenoxy) is 1. The van der Waals surface area contributed by atoms with Crippen LogP contribution in [0.25, 0.3) is 6.08 Å². The Morgan fingerprint density at radius 2 is 1.95 bits per heavy atom. The van der Waals surface area contributed by atoms with Gasteiger partial charge in [0.05, 0.1) is 7.11 Å². The number of nitrogens with zero attached hydrogens (tertiary/aromatic N) is 1. The summed E-state index contributed by atoms with van der Waals surface area (Å²) in [5, 5.41) is 0. The average molecular weight is 288 g/mol. The number of ketones is 1. The van der Waals surface area contributed by atoms with Gasteiger partial charge in [0.25, 0.3) is 0 Å². The third kappa shape index (κ3) is 2.58. The van der Waals surface area contributed by atoms with E-state index in [4.69, 9.17) is 4.74 Å². The first-order valence-corrected chi connectivity index (χ1v) is 6.10. The van der Waals surface area contributed by atoms with Crippen LogP contribution in [0.2, 0.25) is 0 Å². The molecular weight excluding hydrogens is 274 g/mol. The Balaban J connectivity index is 0.00000147. The predicted octanol–water partition coefficient (Wildman–Crippen LogP) is 3.33. The Morgan fingerprint density at radius 1 is 1.20 bits per heavy atom. The van der Waals surface area contributed by atoms with E-state index in [2.05, 4.69) is 4.98 Å². The van der Waals surface area contributed by atoms with Gasteiger partial charge in [0.2, 0.25) is 0 Å². The van der Waals surface area contributed by atoms with Crippen LogP contribution < -0.4 is 4.74 Å². The molecule has 1 heterocycles. The number of allylic oxidation sites excluding steroid dienone is 1. The first-order valence-electron chi connectivity index (χ1n) is 6.10. The van der Waals surface area contributed by atoms with Gasteiger partial charge >= 0.3 is 0 Å². The van der Waals surface area contributed by atoms with Crippen LogP contribution in [0.3, 0.4) is 0 Å². The highest BCUT2D eigenvalue weighted by molar-refractivity contribution is 6.15. The molecule has 0 amide bonds. The van der Waals surface area contributed by atoms with E-state index in [1.54, 1.807) is 19.5 Å². The lowest BCUT2D eigenvalue weighted by Crippen LogP contribution is -1.96. The summed E-state index contributed by atoms with van der Waals surface area (Å²) in [6.07, 6.45) is 6.06. The monoisotopic (exact) mass is 287 g/mol. The Bertz CT molecular complexity index is 665. The topological polar surface area (TPSA) is 39.2 Å². The molecule has 1 aliphatic rings. The normalized spacial score (nSPS) is 14.8. The van der Waals surface area contributed by atoms with Gasteiger partial charge in [-0.25, -0.2) is 0 Å². The van der Waals surface area contributed by atoms with Crippen molar-refractivity contribution in [3.05, 3.63) is 65.0 Å². The average Bonchev–Trinajstić information content (AvgIpc) is 2.76. The van der Waals surface area contributed by atoms with Gasteiger partial charge in [0.1, 0.15) is 5.75 Å². The number of hydrogen-bond donors (Lipinski definition) is 0. The molecule has 1 aromatic heterocycles. The maximum atomic E-state index is 12.3. The fourth-order valence-corrected chi connectivity index (χ4v) is 2.28. The largest absolute Gasteiger partial charge is 0.497 e. The molecule has 0 saturated carbocycles. The summed E-state index contributed by atoms with van der Waals surface area (Å²) in [6.45, 7) is 0. The van der Waals surface area contributed by atoms with Crippen molar-refractivity contribution < 1.29 is 9.53 Å². The van der Waals surface area contributed by atoms with E-state index in [9.17, 15) is 4.79 Å². The number of fused-ring (bicyclic) bond motifs is 1. The molecule has 0 atom stereocenters. The summed E-state index contributed by atoms with van der Waals surface area (Å²) >= 11 is 0. The number of hydrogen-bond acceptors (Lipinski definition) is 3. The molecule has 102 valence electrons. The van der Waals surface area contributed by atoms with Crippen LogP contribution in [0.4, 0.5) is 0 Å². The smallest absolute Gasteiger partial charge is 0.189 e. The van der Waals surface area contributed by atoms with Gasteiger partial charge in [-0.15, -0.1) is 12.4 Å². The maximum Gasteiger partial charge on any atom is 0.189 e. The zero-order valence-electron chi connectivity index (χ0n) is 11.0. The molecule has 3 nitrogen and oxygen atoms in total. The summed E-state index contributed by atoms with van der Waals surface area (Å²) in [5.74, 6) is 0.808. The van der Waals surface area contributed by atoms with E-state index in [1.165, 1.54) is 0 Å². The number of halogens is 1. The standard InChI is InChI=1S/C16H13NO2.ClH/c1-19-14-3-2-12-9-13(16(18)15(12)10-14)8-11-4-6-17-7-5-11;/h2-8,10H,9H2,1H3;1H/b13-8+;. The van der Waals surface area contributed by atoms with Crippen LogP contribution in [0, 0.1) is 0 Å². The van der Waals surface area contributed by atoms with E-state index in [0.29, 0.717) is 6.42 Å². The molecule has 20 heavy (non-hydrogen) atoms. The van der Waals surface area contributed by atoms with Crippen LogP contribution in [-0.2, 0) is 6.42 Å². The Labute approximate surface area is 123 Å². The molecule has 4 heteroatoms. The number of Topliss-reactive ketones (excluding diaryl/α,β-unsaturated/α-hetero) is 1. The zero-order chi connectivity index (χ0) is 13.2. The van der Waals surface area contributed by atoms with Crippen molar-refractivity contribution in [2.75, 3.05) is 7.11 Å². The molecule has 0 unspecified atom stereocenters. The summed E-state index contributed by atoms with van der Waals surface area (Å²) in [6, 6.07) is 9.44. The minimum atomic E-state index is 0. The molecule has 1 aliphatic carbocycles. The van der Waals surface area contributed by atoms with Gasteiger partial charge in [-0.1, -0.05) is 6.07 Å². The number of aromatic nitrogens is 1. The van der Waals surface area contributed by atoms with Crippen LogP contribution in [0.15, 0.2) is 48.3 Å². The third-order valence-corrected chi connectivity index (χ3v) is 3.28. The highest BCUT2D eigenvalue weighted by Gasteiger charge is 2.25. The molecule has 0 N–H and O–H groups in total. The SMILES string of the molecule is COc1ccc2c(c1)C(=O)/C(=C/c1ccncc1)C2.Cl. The van der Waals surface area contributed by atoms with Crippen molar-refractivity contribution in [2.45, 2.75) is 6.42 Å². The Hall–Kier alpha value is -2.13. The van der Waals surface area contributed by atoms with Crippen LogP contribution >= 0.6 is 12.4 Å². The van der Waals surface area contributed by atoms with Crippen LogP contribution in [0.1, 0.15) is 21.5 Å². The van der Waals surface area contributed by atoms with Crippen molar-refractivity contribution in [3.63, 3.8) is 0 Å². The van der Waals surface area contributed by atoms with Gasteiger partial charge in [-0.3, -0.25) is 9.78 Å². The molecule has 0 saturated heterocycles. The highest BCUT2D eigenvalue weighted by Crippen LogP contribution is 2.30. The van der Waals surface area contributed by atoms with E-state index in [0.717, 1.165) is 28.0 Å². The fourth-order valence-electron chi connectivity index (χ4n) is 2.28. The minimum Gasteiger partial charge on any atom is -0.497 e. The third-order valence-electron chi connectivity index (χ3n) is 3.28. The van der Waals surface area contributed by atoms with Crippen molar-refractivity contribution in [1.29, 1.82) is 0 Å². The van der Waals surface area contributed by atoms with E-state index in [-0.39, 0.29) is 18.2 Å². The Kier molecular flexibility index (Phi) is 4.20.